The van der Waals surface area contributed by atoms with Crippen molar-refractivity contribution in [3.05, 3.63) is 58.9 Å². The number of nitrogens with zero attached hydrogens (tertiary/aromatic N) is 2. The third kappa shape index (κ3) is 5.28. The number of carbonyl (C=O) groups is 1. The highest BCUT2D eigenvalue weighted by Gasteiger charge is 2.14. The van der Waals surface area contributed by atoms with Crippen LogP contribution in [0.25, 0.3) is 0 Å². The zero-order chi connectivity index (χ0) is 17.4. The van der Waals surface area contributed by atoms with Gasteiger partial charge in [0.25, 0.3) is 0 Å². The molecule has 2 rings (SSSR count). The van der Waals surface area contributed by atoms with Gasteiger partial charge in [0.2, 0.25) is 0 Å². The maximum absolute atomic E-state index is 12.2. The van der Waals surface area contributed by atoms with E-state index in [1.165, 1.54) is 0 Å². The fourth-order valence-electron chi connectivity index (χ4n) is 2.49. The normalized spacial score (nSPS) is 10.6. The van der Waals surface area contributed by atoms with Crippen LogP contribution < -0.4 is 5.32 Å². The number of methoxy groups -OCH3 is 1. The Balaban J connectivity index is 2.10. The first-order chi connectivity index (χ1) is 11.6. The van der Waals surface area contributed by atoms with E-state index in [4.69, 9.17) is 16.3 Å². The highest BCUT2D eigenvalue weighted by molar-refractivity contribution is 6.30. The highest BCUT2D eigenvalue weighted by Crippen LogP contribution is 2.14. The van der Waals surface area contributed by atoms with E-state index in [0.717, 1.165) is 22.8 Å². The Labute approximate surface area is 148 Å². The number of aromatic nitrogens is 1. The van der Waals surface area contributed by atoms with Crippen LogP contribution in [-0.2, 0) is 17.8 Å². The largest absolute Gasteiger partial charge is 0.383 e. The maximum atomic E-state index is 12.2. The van der Waals surface area contributed by atoms with E-state index in [2.05, 4.69) is 9.88 Å². The minimum Gasteiger partial charge on any atom is -0.383 e. The van der Waals surface area contributed by atoms with Crippen molar-refractivity contribution in [1.82, 2.24) is 14.8 Å². The maximum Gasteiger partial charge on any atom is 0.317 e. The van der Waals surface area contributed by atoms with Gasteiger partial charge in [-0.25, -0.2) is 4.79 Å². The zero-order valence-electron chi connectivity index (χ0n) is 14.2. The molecule has 0 fully saturated rings. The summed E-state index contributed by atoms with van der Waals surface area (Å²) < 4.78 is 7.25. The molecule has 0 atom stereocenters. The number of benzene rings is 1. The van der Waals surface area contributed by atoms with Gasteiger partial charge in [0.1, 0.15) is 0 Å². The lowest BCUT2D eigenvalue weighted by Gasteiger charge is -2.23. The average Bonchev–Trinajstić information content (AvgIpc) is 2.98. The molecule has 130 valence electrons. The van der Waals surface area contributed by atoms with Crippen molar-refractivity contribution in [1.29, 1.82) is 0 Å². The van der Waals surface area contributed by atoms with Crippen LogP contribution in [0.3, 0.4) is 0 Å². The highest BCUT2D eigenvalue weighted by atomic mass is 35.5. The van der Waals surface area contributed by atoms with Crippen molar-refractivity contribution in [3.8, 4) is 0 Å². The molecule has 1 aromatic carbocycles. The van der Waals surface area contributed by atoms with Gasteiger partial charge < -0.3 is 19.5 Å². The lowest BCUT2D eigenvalue weighted by molar-refractivity contribution is 0.145. The van der Waals surface area contributed by atoms with E-state index in [0.29, 0.717) is 26.2 Å². The zero-order valence-corrected chi connectivity index (χ0v) is 14.9. The van der Waals surface area contributed by atoms with E-state index in [1.807, 2.05) is 49.5 Å². The van der Waals surface area contributed by atoms with E-state index >= 15 is 0 Å². The quantitative estimate of drug-likeness (QED) is 0.794. The fourth-order valence-corrected chi connectivity index (χ4v) is 2.70. The summed E-state index contributed by atoms with van der Waals surface area (Å²) >= 11 is 6.06. The van der Waals surface area contributed by atoms with Crippen molar-refractivity contribution in [3.63, 3.8) is 0 Å². The van der Waals surface area contributed by atoms with Crippen LogP contribution in [0.1, 0.15) is 18.2 Å². The first-order valence-electron chi connectivity index (χ1n) is 8.04. The van der Waals surface area contributed by atoms with Crippen molar-refractivity contribution in [2.45, 2.75) is 20.0 Å². The Morgan fingerprint density at radius 3 is 2.88 bits per heavy atom. The summed E-state index contributed by atoms with van der Waals surface area (Å²) in [4.78, 5) is 14.0. The lowest BCUT2D eigenvalue weighted by atomic mass is 10.2. The van der Waals surface area contributed by atoms with Crippen LogP contribution in [0.2, 0.25) is 5.02 Å². The SMILES string of the molecule is CCNC(=O)N(CCOC)Cc1cccn1Cc1cccc(Cl)c1. The van der Waals surface area contributed by atoms with Crippen LogP contribution in [-0.4, -0.2) is 42.3 Å². The Morgan fingerprint density at radius 2 is 2.17 bits per heavy atom. The van der Waals surface area contributed by atoms with Crippen LogP contribution in [0.5, 0.6) is 0 Å². The van der Waals surface area contributed by atoms with Gasteiger partial charge in [-0.2, -0.15) is 0 Å². The molecule has 0 saturated carbocycles. The second kappa shape index (κ2) is 9.35. The standard InChI is InChI=1S/C18H24ClN3O2/c1-3-20-18(23)22(10-11-24-2)14-17-8-5-9-21(17)13-15-6-4-7-16(19)12-15/h4-9,12H,3,10-11,13-14H2,1-2H3,(H,20,23). The molecule has 0 aliphatic rings. The number of nitrogens with one attached hydrogen (secondary N) is 1. The van der Waals surface area contributed by atoms with Gasteiger partial charge in [-0.15, -0.1) is 0 Å². The topological polar surface area (TPSA) is 46.5 Å². The molecule has 2 amide bonds. The molecular formula is C18H24ClN3O2. The third-order valence-corrected chi connectivity index (χ3v) is 3.93. The molecule has 0 saturated heterocycles. The summed E-state index contributed by atoms with van der Waals surface area (Å²) in [6.45, 7) is 4.82. The number of amides is 2. The molecule has 0 spiro atoms. The Kier molecular flexibility index (Phi) is 7.15. The molecule has 1 N–H and O–H groups in total. The van der Waals surface area contributed by atoms with Gasteiger partial charge >= 0.3 is 6.03 Å². The molecule has 1 aromatic heterocycles. The average molecular weight is 350 g/mol. The first-order valence-corrected chi connectivity index (χ1v) is 8.42. The smallest absolute Gasteiger partial charge is 0.317 e. The molecule has 6 heteroatoms. The van der Waals surface area contributed by atoms with Crippen LogP contribution in [0.15, 0.2) is 42.6 Å². The molecule has 5 nitrogen and oxygen atoms in total. The predicted molar refractivity (Wildman–Crippen MR) is 96.3 cm³/mol. The number of carbonyl (C=O) groups excluding carboxylic acids is 1. The number of urea groups is 1. The Morgan fingerprint density at radius 1 is 1.33 bits per heavy atom. The molecular weight excluding hydrogens is 326 g/mol. The monoisotopic (exact) mass is 349 g/mol. The van der Waals surface area contributed by atoms with Gasteiger partial charge in [0, 0.05) is 43.7 Å². The van der Waals surface area contributed by atoms with Crippen molar-refractivity contribution in [2.24, 2.45) is 0 Å². The minimum atomic E-state index is -0.0787. The summed E-state index contributed by atoms with van der Waals surface area (Å²) in [7, 11) is 1.64. The molecule has 0 radical (unpaired) electrons. The number of hydrogen-bond donors (Lipinski definition) is 1. The molecule has 2 aromatic rings. The van der Waals surface area contributed by atoms with Crippen molar-refractivity contribution < 1.29 is 9.53 Å². The van der Waals surface area contributed by atoms with Crippen LogP contribution in [0, 0.1) is 0 Å². The number of hydrogen-bond acceptors (Lipinski definition) is 2. The summed E-state index contributed by atoms with van der Waals surface area (Å²) in [6, 6.07) is 11.8. The van der Waals surface area contributed by atoms with E-state index in [1.54, 1.807) is 12.0 Å². The van der Waals surface area contributed by atoms with Gasteiger partial charge in [-0.05, 0) is 36.8 Å². The molecule has 0 bridgehead atoms. The minimum absolute atomic E-state index is 0.0787. The van der Waals surface area contributed by atoms with Gasteiger partial charge in [0.15, 0.2) is 0 Å². The summed E-state index contributed by atoms with van der Waals surface area (Å²) in [6.07, 6.45) is 2.02. The lowest BCUT2D eigenvalue weighted by Crippen LogP contribution is -2.41. The van der Waals surface area contributed by atoms with Crippen molar-refractivity contribution in [2.75, 3.05) is 26.8 Å². The third-order valence-electron chi connectivity index (χ3n) is 3.70. The summed E-state index contributed by atoms with van der Waals surface area (Å²) in [5.74, 6) is 0. The summed E-state index contributed by atoms with van der Waals surface area (Å²) in [5, 5.41) is 3.58. The second-order valence-electron chi connectivity index (χ2n) is 5.51. The number of ether oxygens (including phenoxy) is 1. The van der Waals surface area contributed by atoms with Gasteiger partial charge in [-0.1, -0.05) is 23.7 Å². The molecule has 0 aliphatic heterocycles. The van der Waals surface area contributed by atoms with Gasteiger partial charge in [-0.3, -0.25) is 0 Å². The van der Waals surface area contributed by atoms with Crippen LogP contribution in [0.4, 0.5) is 4.79 Å². The number of halogens is 1. The molecule has 0 aliphatic carbocycles. The molecule has 0 unspecified atom stereocenters. The van der Waals surface area contributed by atoms with E-state index in [9.17, 15) is 4.79 Å². The first kappa shape index (κ1) is 18.4. The van der Waals surface area contributed by atoms with E-state index < -0.39 is 0 Å². The van der Waals surface area contributed by atoms with Crippen molar-refractivity contribution >= 4 is 17.6 Å². The number of rotatable bonds is 8. The van der Waals surface area contributed by atoms with E-state index in [-0.39, 0.29) is 6.03 Å². The summed E-state index contributed by atoms with van der Waals surface area (Å²) in [5.41, 5.74) is 2.19. The Bertz CT molecular complexity index is 657. The Hall–Kier alpha value is -1.98. The predicted octanol–water partition coefficient (Wildman–Crippen LogP) is 3.37. The second-order valence-corrected chi connectivity index (χ2v) is 5.94. The molecule has 1 heterocycles. The van der Waals surface area contributed by atoms with Gasteiger partial charge in [0.05, 0.1) is 13.2 Å². The fraction of sp³-hybridized carbons (Fsp3) is 0.389. The molecule has 24 heavy (non-hydrogen) atoms. The van der Waals surface area contributed by atoms with Crippen LogP contribution >= 0.6 is 11.6 Å².